The fraction of sp³-hybridized carbons (Fsp3) is 0.588. The molecule has 0 aromatic heterocycles. The Bertz CT molecular complexity index is 637. The zero-order valence-corrected chi connectivity index (χ0v) is 15.1. The number of hydrogen-bond donors (Lipinski definition) is 1. The van der Waals surface area contributed by atoms with Crippen LogP contribution in [0, 0.1) is 6.92 Å². The summed E-state index contributed by atoms with van der Waals surface area (Å²) in [4.78, 5) is 14.9. The molecule has 0 aliphatic heterocycles. The van der Waals surface area contributed by atoms with Crippen molar-refractivity contribution in [1.29, 1.82) is 0 Å². The van der Waals surface area contributed by atoms with Gasteiger partial charge in [0.15, 0.2) is 0 Å². The zero-order valence-electron chi connectivity index (χ0n) is 14.3. The third-order valence-electron chi connectivity index (χ3n) is 4.16. The fourth-order valence-corrected chi connectivity index (χ4v) is 3.78. The van der Waals surface area contributed by atoms with Crippen LogP contribution < -0.4 is 4.83 Å². The predicted octanol–water partition coefficient (Wildman–Crippen LogP) is 3.37. The first-order valence-electron chi connectivity index (χ1n) is 8.49. The monoisotopic (exact) mass is 354 g/mol. The van der Waals surface area contributed by atoms with Gasteiger partial charge in [-0.15, -0.1) is 4.83 Å². The SMILES string of the molecule is CCCCOC(=O)N(NS(=O)(=O)c1ccc(C)cc1)C1CCCC1. The number of amides is 1. The van der Waals surface area contributed by atoms with Crippen LogP contribution in [0.15, 0.2) is 29.2 Å². The first-order valence-corrected chi connectivity index (χ1v) is 9.97. The Balaban J connectivity index is 2.14. The summed E-state index contributed by atoms with van der Waals surface area (Å²) < 4.78 is 30.4. The normalized spacial score (nSPS) is 15.4. The van der Waals surface area contributed by atoms with Gasteiger partial charge in [-0.05, 0) is 38.3 Å². The molecular formula is C17H26N2O4S. The maximum Gasteiger partial charge on any atom is 0.425 e. The minimum absolute atomic E-state index is 0.137. The number of unbranched alkanes of at least 4 members (excludes halogenated alkanes) is 1. The molecule has 1 aliphatic carbocycles. The largest absolute Gasteiger partial charge is 0.448 e. The van der Waals surface area contributed by atoms with E-state index in [4.69, 9.17) is 4.74 Å². The van der Waals surface area contributed by atoms with E-state index in [2.05, 4.69) is 4.83 Å². The van der Waals surface area contributed by atoms with E-state index in [0.717, 1.165) is 49.1 Å². The van der Waals surface area contributed by atoms with Crippen LogP contribution >= 0.6 is 0 Å². The zero-order chi connectivity index (χ0) is 17.6. The van der Waals surface area contributed by atoms with Gasteiger partial charge in [0.25, 0.3) is 10.0 Å². The molecule has 0 spiro atoms. The van der Waals surface area contributed by atoms with Crippen molar-refractivity contribution in [2.75, 3.05) is 6.61 Å². The van der Waals surface area contributed by atoms with Crippen LogP contribution in [0.4, 0.5) is 4.79 Å². The Morgan fingerprint density at radius 2 is 1.88 bits per heavy atom. The molecule has 1 aromatic rings. The maximum absolute atomic E-state index is 12.6. The summed E-state index contributed by atoms with van der Waals surface area (Å²) in [6, 6.07) is 6.38. The number of hydrogen-bond acceptors (Lipinski definition) is 4. The highest BCUT2D eigenvalue weighted by Crippen LogP contribution is 2.24. The van der Waals surface area contributed by atoms with E-state index in [-0.39, 0.29) is 10.9 Å². The average molecular weight is 354 g/mol. The molecular weight excluding hydrogens is 328 g/mol. The van der Waals surface area contributed by atoms with Gasteiger partial charge in [-0.2, -0.15) is 0 Å². The number of hydrazine groups is 1. The fourth-order valence-electron chi connectivity index (χ4n) is 2.70. The maximum atomic E-state index is 12.6. The topological polar surface area (TPSA) is 75.7 Å². The predicted molar refractivity (Wildman–Crippen MR) is 91.9 cm³/mol. The molecule has 1 N–H and O–H groups in total. The van der Waals surface area contributed by atoms with Crippen LogP contribution in [0.2, 0.25) is 0 Å². The van der Waals surface area contributed by atoms with E-state index in [1.165, 1.54) is 12.1 Å². The molecule has 1 aromatic carbocycles. The molecule has 1 aliphatic rings. The molecule has 0 bridgehead atoms. The van der Waals surface area contributed by atoms with Crippen LogP contribution in [0.3, 0.4) is 0 Å². The Hall–Kier alpha value is -1.60. The van der Waals surface area contributed by atoms with Crippen molar-refractivity contribution in [2.45, 2.75) is 63.3 Å². The minimum Gasteiger partial charge on any atom is -0.448 e. The highest BCUT2D eigenvalue weighted by Gasteiger charge is 2.32. The number of nitrogens with zero attached hydrogens (tertiary/aromatic N) is 1. The summed E-state index contributed by atoms with van der Waals surface area (Å²) in [5.74, 6) is 0. The second-order valence-electron chi connectivity index (χ2n) is 6.18. The summed E-state index contributed by atoms with van der Waals surface area (Å²) in [7, 11) is -3.81. The van der Waals surface area contributed by atoms with Crippen molar-refractivity contribution < 1.29 is 17.9 Å². The smallest absolute Gasteiger partial charge is 0.425 e. The number of aryl methyl sites for hydroxylation is 1. The Morgan fingerprint density at radius 3 is 2.46 bits per heavy atom. The van der Waals surface area contributed by atoms with Crippen molar-refractivity contribution in [3.05, 3.63) is 29.8 Å². The minimum atomic E-state index is -3.81. The Labute approximate surface area is 144 Å². The lowest BCUT2D eigenvalue weighted by atomic mass is 10.2. The number of sulfonamides is 1. The lowest BCUT2D eigenvalue weighted by Gasteiger charge is -2.28. The summed E-state index contributed by atoms with van der Waals surface area (Å²) in [5, 5.41) is 1.16. The molecule has 2 rings (SSSR count). The van der Waals surface area contributed by atoms with Gasteiger partial charge in [-0.3, -0.25) is 0 Å². The quantitative estimate of drug-likeness (QED) is 0.602. The standard InChI is InChI=1S/C17H26N2O4S/c1-3-4-13-23-17(20)19(15-7-5-6-8-15)18-24(21,22)16-11-9-14(2)10-12-16/h9-12,15,18H,3-8,13H2,1-2H3. The Kier molecular flexibility index (Phi) is 6.62. The van der Waals surface area contributed by atoms with Gasteiger partial charge in [0.2, 0.25) is 0 Å². The van der Waals surface area contributed by atoms with Crippen molar-refractivity contribution in [3.63, 3.8) is 0 Å². The van der Waals surface area contributed by atoms with Crippen molar-refractivity contribution in [3.8, 4) is 0 Å². The van der Waals surface area contributed by atoms with Gasteiger partial charge >= 0.3 is 6.09 Å². The van der Waals surface area contributed by atoms with Gasteiger partial charge < -0.3 is 4.74 Å². The lowest BCUT2D eigenvalue weighted by molar-refractivity contribution is 0.0758. The lowest BCUT2D eigenvalue weighted by Crippen LogP contribution is -2.51. The van der Waals surface area contributed by atoms with E-state index >= 15 is 0 Å². The molecule has 6 nitrogen and oxygen atoms in total. The molecule has 0 heterocycles. The van der Waals surface area contributed by atoms with E-state index in [1.54, 1.807) is 12.1 Å². The van der Waals surface area contributed by atoms with E-state index in [9.17, 15) is 13.2 Å². The second-order valence-corrected chi connectivity index (χ2v) is 7.84. The number of rotatable bonds is 7. The molecule has 1 amide bonds. The number of nitrogens with one attached hydrogen (secondary N) is 1. The highest BCUT2D eigenvalue weighted by molar-refractivity contribution is 7.89. The third-order valence-corrected chi connectivity index (χ3v) is 5.49. The third kappa shape index (κ3) is 4.95. The number of carbonyl (C=O) groups excluding carboxylic acids is 1. The summed E-state index contributed by atoms with van der Waals surface area (Å²) in [5.41, 5.74) is 0.973. The molecule has 7 heteroatoms. The van der Waals surface area contributed by atoms with Crippen LogP contribution in [0.25, 0.3) is 0 Å². The molecule has 24 heavy (non-hydrogen) atoms. The molecule has 1 fully saturated rings. The molecule has 0 atom stereocenters. The van der Waals surface area contributed by atoms with Crippen LogP contribution in [0.1, 0.15) is 51.0 Å². The van der Waals surface area contributed by atoms with Crippen LogP contribution in [-0.2, 0) is 14.8 Å². The average Bonchev–Trinajstić information content (AvgIpc) is 3.07. The van der Waals surface area contributed by atoms with Gasteiger partial charge in [0.1, 0.15) is 0 Å². The van der Waals surface area contributed by atoms with Gasteiger partial charge in [-0.25, -0.2) is 18.2 Å². The molecule has 134 valence electrons. The van der Waals surface area contributed by atoms with Crippen molar-refractivity contribution >= 4 is 16.1 Å². The molecule has 1 saturated carbocycles. The van der Waals surface area contributed by atoms with Gasteiger partial charge in [0.05, 0.1) is 17.5 Å². The first-order chi connectivity index (χ1) is 11.4. The van der Waals surface area contributed by atoms with Gasteiger partial charge in [0, 0.05) is 0 Å². The number of benzene rings is 1. The van der Waals surface area contributed by atoms with Crippen molar-refractivity contribution in [1.82, 2.24) is 9.84 Å². The van der Waals surface area contributed by atoms with Crippen LogP contribution in [-0.4, -0.2) is 32.2 Å². The first kappa shape index (κ1) is 18.7. The Morgan fingerprint density at radius 1 is 1.25 bits per heavy atom. The van der Waals surface area contributed by atoms with E-state index < -0.39 is 16.1 Å². The highest BCUT2D eigenvalue weighted by atomic mass is 32.2. The summed E-state index contributed by atoms with van der Waals surface area (Å²) in [6.45, 7) is 4.19. The molecule has 0 radical (unpaired) electrons. The number of carbonyl (C=O) groups is 1. The van der Waals surface area contributed by atoms with E-state index in [0.29, 0.717) is 6.61 Å². The molecule has 0 saturated heterocycles. The summed E-state index contributed by atoms with van der Waals surface area (Å²) >= 11 is 0. The summed E-state index contributed by atoms with van der Waals surface area (Å²) in [6.07, 6.45) is 4.57. The van der Waals surface area contributed by atoms with Crippen LogP contribution in [0.5, 0.6) is 0 Å². The van der Waals surface area contributed by atoms with Crippen molar-refractivity contribution in [2.24, 2.45) is 0 Å². The van der Waals surface area contributed by atoms with Gasteiger partial charge in [-0.1, -0.05) is 43.9 Å². The number of ether oxygens (including phenoxy) is 1. The molecule has 0 unspecified atom stereocenters. The second kappa shape index (κ2) is 8.48. The van der Waals surface area contributed by atoms with E-state index in [1.807, 2.05) is 13.8 Å².